The predicted molar refractivity (Wildman–Crippen MR) is 88.5 cm³/mol. The standard InChI is InChI=1S/C17H17FN2O3S/c1-11-8-14(18)9-12-4-3-7-20(16(11)12)17(21)13-5-6-15(19-10-13)24(2,22)23/h5-6,8-10H,3-4,7H2,1-2H3. The first-order chi connectivity index (χ1) is 11.3. The fourth-order valence-corrected chi connectivity index (χ4v) is 3.57. The molecule has 0 aliphatic carbocycles. The number of pyridine rings is 1. The van der Waals surface area contributed by atoms with Crippen LogP contribution >= 0.6 is 0 Å². The molecule has 1 aromatic heterocycles. The molecule has 0 saturated carbocycles. The molecule has 5 nitrogen and oxygen atoms in total. The van der Waals surface area contributed by atoms with Crippen LogP contribution in [0.25, 0.3) is 0 Å². The molecule has 24 heavy (non-hydrogen) atoms. The Morgan fingerprint density at radius 3 is 2.67 bits per heavy atom. The average Bonchev–Trinajstić information content (AvgIpc) is 2.52. The smallest absolute Gasteiger partial charge is 0.259 e. The second kappa shape index (κ2) is 5.98. The minimum atomic E-state index is -3.41. The van der Waals surface area contributed by atoms with Crippen LogP contribution < -0.4 is 4.90 Å². The van der Waals surface area contributed by atoms with E-state index in [1.165, 1.54) is 30.5 Å². The minimum Gasteiger partial charge on any atom is -0.308 e. The molecular formula is C17H17FN2O3S. The van der Waals surface area contributed by atoms with Gasteiger partial charge in [0.2, 0.25) is 0 Å². The third-order valence-corrected chi connectivity index (χ3v) is 5.05. The Hall–Kier alpha value is -2.28. The highest BCUT2D eigenvalue weighted by atomic mass is 32.2. The van der Waals surface area contributed by atoms with E-state index in [-0.39, 0.29) is 16.8 Å². The summed E-state index contributed by atoms with van der Waals surface area (Å²) >= 11 is 0. The van der Waals surface area contributed by atoms with Crippen molar-refractivity contribution in [2.24, 2.45) is 0 Å². The lowest BCUT2D eigenvalue weighted by Crippen LogP contribution is -2.36. The van der Waals surface area contributed by atoms with Gasteiger partial charge in [0.15, 0.2) is 14.9 Å². The number of rotatable bonds is 2. The van der Waals surface area contributed by atoms with Crippen LogP contribution in [0.5, 0.6) is 0 Å². The van der Waals surface area contributed by atoms with Gasteiger partial charge in [-0.15, -0.1) is 0 Å². The van der Waals surface area contributed by atoms with Crippen molar-refractivity contribution in [2.75, 3.05) is 17.7 Å². The number of hydrogen-bond acceptors (Lipinski definition) is 4. The number of carbonyl (C=O) groups excluding carboxylic acids is 1. The summed E-state index contributed by atoms with van der Waals surface area (Å²) in [6.07, 6.45) is 3.81. The maximum Gasteiger partial charge on any atom is 0.259 e. The lowest BCUT2D eigenvalue weighted by molar-refractivity contribution is 0.0984. The molecule has 3 rings (SSSR count). The molecule has 1 aliphatic heterocycles. The molecule has 0 radical (unpaired) electrons. The highest BCUT2D eigenvalue weighted by molar-refractivity contribution is 7.90. The number of fused-ring (bicyclic) bond motifs is 1. The van der Waals surface area contributed by atoms with Gasteiger partial charge in [0.25, 0.3) is 5.91 Å². The van der Waals surface area contributed by atoms with Gasteiger partial charge in [-0.25, -0.2) is 17.8 Å². The van der Waals surface area contributed by atoms with Crippen molar-refractivity contribution in [3.8, 4) is 0 Å². The highest BCUT2D eigenvalue weighted by Gasteiger charge is 2.26. The second-order valence-corrected chi connectivity index (χ2v) is 7.91. The summed E-state index contributed by atoms with van der Waals surface area (Å²) in [4.78, 5) is 18.3. The molecule has 0 spiro atoms. The van der Waals surface area contributed by atoms with Gasteiger partial charge in [0.05, 0.1) is 11.3 Å². The summed E-state index contributed by atoms with van der Waals surface area (Å²) in [5.41, 5.74) is 2.56. The fourth-order valence-electron chi connectivity index (χ4n) is 3.01. The van der Waals surface area contributed by atoms with Crippen LogP contribution in [0.15, 0.2) is 35.5 Å². The van der Waals surface area contributed by atoms with Crippen molar-refractivity contribution < 1.29 is 17.6 Å². The number of benzene rings is 1. The molecule has 1 aliphatic rings. The van der Waals surface area contributed by atoms with Gasteiger partial charge in [-0.3, -0.25) is 4.79 Å². The maximum absolute atomic E-state index is 13.6. The monoisotopic (exact) mass is 348 g/mol. The number of amides is 1. The Morgan fingerprint density at radius 1 is 1.29 bits per heavy atom. The van der Waals surface area contributed by atoms with E-state index in [1.807, 2.05) is 0 Å². The number of carbonyl (C=O) groups is 1. The molecule has 126 valence electrons. The lowest BCUT2D eigenvalue weighted by atomic mass is 9.97. The first-order valence-corrected chi connectivity index (χ1v) is 9.43. The Bertz CT molecular complexity index is 908. The van der Waals surface area contributed by atoms with E-state index in [0.29, 0.717) is 17.7 Å². The van der Waals surface area contributed by atoms with Crippen molar-refractivity contribution in [2.45, 2.75) is 24.8 Å². The van der Waals surface area contributed by atoms with Gasteiger partial charge in [-0.05, 0) is 55.2 Å². The summed E-state index contributed by atoms with van der Waals surface area (Å²) in [6, 6.07) is 5.66. The van der Waals surface area contributed by atoms with Crippen LogP contribution in [0.4, 0.5) is 10.1 Å². The zero-order valence-electron chi connectivity index (χ0n) is 13.4. The number of halogens is 1. The number of hydrogen-bond donors (Lipinski definition) is 0. The van der Waals surface area contributed by atoms with E-state index >= 15 is 0 Å². The Labute approximate surface area is 140 Å². The zero-order chi connectivity index (χ0) is 17.5. The van der Waals surface area contributed by atoms with E-state index in [9.17, 15) is 17.6 Å². The number of aromatic nitrogens is 1. The predicted octanol–water partition coefficient (Wildman–Crippen LogP) is 2.53. The number of nitrogens with zero attached hydrogens (tertiary/aromatic N) is 2. The third kappa shape index (κ3) is 3.03. The SMILES string of the molecule is Cc1cc(F)cc2c1N(C(=O)c1ccc(S(C)(=O)=O)nc1)CCC2. The van der Waals surface area contributed by atoms with Crippen molar-refractivity contribution in [3.63, 3.8) is 0 Å². The van der Waals surface area contributed by atoms with Crippen molar-refractivity contribution >= 4 is 21.4 Å². The van der Waals surface area contributed by atoms with Crippen LogP contribution in [-0.2, 0) is 16.3 Å². The van der Waals surface area contributed by atoms with Gasteiger partial charge in [-0.1, -0.05) is 0 Å². The molecule has 0 fully saturated rings. The molecule has 0 unspecified atom stereocenters. The third-order valence-electron chi connectivity index (χ3n) is 4.05. The quantitative estimate of drug-likeness (QED) is 0.836. The zero-order valence-corrected chi connectivity index (χ0v) is 14.2. The van der Waals surface area contributed by atoms with Gasteiger partial charge in [-0.2, -0.15) is 0 Å². The van der Waals surface area contributed by atoms with Gasteiger partial charge in [0.1, 0.15) is 5.82 Å². The number of aryl methyl sites for hydroxylation is 2. The van der Waals surface area contributed by atoms with Crippen LogP contribution in [-0.4, -0.2) is 32.1 Å². The van der Waals surface area contributed by atoms with E-state index in [4.69, 9.17) is 0 Å². The van der Waals surface area contributed by atoms with Gasteiger partial charge in [0, 0.05) is 19.0 Å². The topological polar surface area (TPSA) is 67.3 Å². The van der Waals surface area contributed by atoms with E-state index in [0.717, 1.165) is 30.3 Å². The summed E-state index contributed by atoms with van der Waals surface area (Å²) < 4.78 is 36.5. The van der Waals surface area contributed by atoms with Crippen LogP contribution in [0, 0.1) is 12.7 Å². The summed E-state index contributed by atoms with van der Waals surface area (Å²) in [7, 11) is -3.41. The number of sulfone groups is 1. The Balaban J connectivity index is 1.98. The molecule has 0 saturated heterocycles. The molecule has 2 aromatic rings. The Morgan fingerprint density at radius 2 is 2.04 bits per heavy atom. The molecule has 0 atom stereocenters. The molecule has 2 heterocycles. The van der Waals surface area contributed by atoms with Crippen molar-refractivity contribution in [3.05, 3.63) is 53.0 Å². The minimum absolute atomic E-state index is 0.0728. The fraction of sp³-hybridized carbons (Fsp3) is 0.294. The first-order valence-electron chi connectivity index (χ1n) is 7.54. The van der Waals surface area contributed by atoms with E-state index in [2.05, 4.69) is 4.98 Å². The summed E-state index contributed by atoms with van der Waals surface area (Å²) in [5, 5.41) is -0.0728. The molecule has 1 amide bonds. The van der Waals surface area contributed by atoms with Crippen LogP contribution in [0.2, 0.25) is 0 Å². The van der Waals surface area contributed by atoms with Crippen molar-refractivity contribution in [1.29, 1.82) is 0 Å². The first kappa shape index (κ1) is 16.6. The molecule has 0 N–H and O–H groups in total. The van der Waals surface area contributed by atoms with Crippen molar-refractivity contribution in [1.82, 2.24) is 4.98 Å². The summed E-state index contributed by atoms with van der Waals surface area (Å²) in [5.74, 6) is -0.571. The number of anilines is 1. The lowest BCUT2D eigenvalue weighted by Gasteiger charge is -2.31. The normalized spacial score (nSPS) is 14.4. The molecule has 7 heteroatoms. The highest BCUT2D eigenvalue weighted by Crippen LogP contribution is 2.32. The van der Waals surface area contributed by atoms with Crippen LogP contribution in [0.3, 0.4) is 0 Å². The van der Waals surface area contributed by atoms with E-state index < -0.39 is 9.84 Å². The van der Waals surface area contributed by atoms with Gasteiger partial charge >= 0.3 is 0 Å². The maximum atomic E-state index is 13.6. The van der Waals surface area contributed by atoms with E-state index in [1.54, 1.807) is 11.8 Å². The largest absolute Gasteiger partial charge is 0.308 e. The Kier molecular flexibility index (Phi) is 4.13. The molecule has 0 bridgehead atoms. The summed E-state index contributed by atoms with van der Waals surface area (Å²) in [6.45, 7) is 2.31. The van der Waals surface area contributed by atoms with Crippen LogP contribution in [0.1, 0.15) is 27.9 Å². The average molecular weight is 348 g/mol. The second-order valence-electron chi connectivity index (χ2n) is 5.95. The molecular weight excluding hydrogens is 331 g/mol. The molecule has 1 aromatic carbocycles. The van der Waals surface area contributed by atoms with Gasteiger partial charge < -0.3 is 4.90 Å².